The summed E-state index contributed by atoms with van der Waals surface area (Å²) in [6.07, 6.45) is 1.42. The van der Waals surface area contributed by atoms with Gasteiger partial charge in [0.1, 0.15) is 5.75 Å². The smallest absolute Gasteiger partial charge is 0.224 e. The van der Waals surface area contributed by atoms with Crippen LogP contribution in [0, 0.1) is 5.92 Å². The molecule has 0 fully saturated rings. The quantitative estimate of drug-likeness (QED) is 0.876. The lowest BCUT2D eigenvalue weighted by molar-refractivity contribution is -0.120. The molecule has 1 rings (SSSR count). The summed E-state index contributed by atoms with van der Waals surface area (Å²) in [5, 5.41) is 2.93. The zero-order chi connectivity index (χ0) is 13.5. The predicted octanol–water partition coefficient (Wildman–Crippen LogP) is 3.16. The van der Waals surface area contributed by atoms with Crippen molar-refractivity contribution in [3.8, 4) is 5.75 Å². The number of carbonyl (C=O) groups excluding carboxylic acids is 1. The first-order valence-electron chi connectivity index (χ1n) is 6.12. The summed E-state index contributed by atoms with van der Waals surface area (Å²) >= 11 is 3.41. The van der Waals surface area contributed by atoms with E-state index in [4.69, 9.17) is 4.74 Å². The zero-order valence-corrected chi connectivity index (χ0v) is 12.7. The fraction of sp³-hybridized carbons (Fsp3) is 0.500. The van der Waals surface area contributed by atoms with E-state index in [1.54, 1.807) is 7.11 Å². The largest absolute Gasteiger partial charge is 0.496 e. The normalized spacial score (nSPS) is 10.5. The molecule has 0 aromatic heterocycles. The fourth-order valence-electron chi connectivity index (χ4n) is 1.57. The highest BCUT2D eigenvalue weighted by Gasteiger charge is 2.06. The minimum atomic E-state index is 0.0627. The van der Waals surface area contributed by atoms with Gasteiger partial charge in [-0.1, -0.05) is 19.9 Å². The summed E-state index contributed by atoms with van der Waals surface area (Å²) in [4.78, 5) is 11.7. The summed E-state index contributed by atoms with van der Waals surface area (Å²) in [5.41, 5.74) is 0.977. The van der Waals surface area contributed by atoms with Crippen molar-refractivity contribution in [1.29, 1.82) is 0 Å². The number of hydrogen-bond acceptors (Lipinski definition) is 2. The minimum absolute atomic E-state index is 0.0627. The number of nitrogens with one attached hydrogen (secondary N) is 1. The van der Waals surface area contributed by atoms with Gasteiger partial charge in [-0.2, -0.15) is 0 Å². The summed E-state index contributed by atoms with van der Waals surface area (Å²) < 4.78 is 6.02. The van der Waals surface area contributed by atoms with E-state index in [-0.39, 0.29) is 5.91 Å². The van der Waals surface area contributed by atoms with Crippen LogP contribution in [-0.2, 0) is 11.2 Å². The molecule has 1 aromatic rings. The van der Waals surface area contributed by atoms with Gasteiger partial charge in [-0.25, -0.2) is 0 Å². The van der Waals surface area contributed by atoms with Crippen molar-refractivity contribution in [3.05, 3.63) is 28.2 Å². The van der Waals surface area contributed by atoms with Crippen LogP contribution < -0.4 is 10.1 Å². The van der Waals surface area contributed by atoms with E-state index in [1.807, 2.05) is 18.2 Å². The Morgan fingerprint density at radius 2 is 2.17 bits per heavy atom. The van der Waals surface area contributed by atoms with Gasteiger partial charge in [-0.05, 0) is 46.0 Å². The third-order valence-electron chi connectivity index (χ3n) is 2.62. The van der Waals surface area contributed by atoms with Crippen LogP contribution in [0.4, 0.5) is 0 Å². The maximum atomic E-state index is 11.7. The molecule has 1 amide bonds. The highest BCUT2D eigenvalue weighted by atomic mass is 79.9. The molecule has 0 saturated heterocycles. The molecule has 0 saturated carbocycles. The molecule has 0 heterocycles. The van der Waals surface area contributed by atoms with Crippen molar-refractivity contribution in [2.45, 2.75) is 26.7 Å². The second-order valence-corrected chi connectivity index (χ2v) is 5.53. The van der Waals surface area contributed by atoms with Crippen LogP contribution in [0.5, 0.6) is 5.75 Å². The van der Waals surface area contributed by atoms with Crippen LogP contribution >= 0.6 is 15.9 Å². The molecule has 18 heavy (non-hydrogen) atoms. The second kappa shape index (κ2) is 7.41. The Bertz CT molecular complexity index is 405. The van der Waals surface area contributed by atoms with Crippen molar-refractivity contribution < 1.29 is 9.53 Å². The van der Waals surface area contributed by atoms with Crippen molar-refractivity contribution >= 4 is 21.8 Å². The Hall–Kier alpha value is -1.03. The monoisotopic (exact) mass is 313 g/mol. The van der Waals surface area contributed by atoms with E-state index < -0.39 is 0 Å². The van der Waals surface area contributed by atoms with Gasteiger partial charge in [0.15, 0.2) is 0 Å². The first-order chi connectivity index (χ1) is 8.52. The highest BCUT2D eigenvalue weighted by molar-refractivity contribution is 9.10. The number of carbonyl (C=O) groups is 1. The van der Waals surface area contributed by atoms with Crippen LogP contribution in [0.25, 0.3) is 0 Å². The number of rotatable bonds is 6. The van der Waals surface area contributed by atoms with Crippen molar-refractivity contribution in [1.82, 2.24) is 5.32 Å². The SMILES string of the molecule is COc1ccc(CC(=O)NCCC(C)C)cc1Br. The molecule has 4 heteroatoms. The zero-order valence-electron chi connectivity index (χ0n) is 11.1. The van der Waals surface area contributed by atoms with Crippen molar-refractivity contribution in [3.63, 3.8) is 0 Å². The topological polar surface area (TPSA) is 38.3 Å². The molecule has 1 N–H and O–H groups in total. The molecule has 0 radical (unpaired) electrons. The molecule has 0 aliphatic carbocycles. The lowest BCUT2D eigenvalue weighted by atomic mass is 10.1. The molecular formula is C14H20BrNO2. The average molecular weight is 314 g/mol. The van der Waals surface area contributed by atoms with Crippen LogP contribution in [-0.4, -0.2) is 19.6 Å². The summed E-state index contributed by atoms with van der Waals surface area (Å²) in [6, 6.07) is 5.69. The van der Waals surface area contributed by atoms with Crippen LogP contribution in [0.2, 0.25) is 0 Å². The Morgan fingerprint density at radius 3 is 2.72 bits per heavy atom. The summed E-state index contributed by atoms with van der Waals surface area (Å²) in [6.45, 7) is 5.04. The van der Waals surface area contributed by atoms with E-state index in [0.717, 1.165) is 28.8 Å². The molecular weight excluding hydrogens is 294 g/mol. The third-order valence-corrected chi connectivity index (χ3v) is 3.24. The molecule has 0 bridgehead atoms. The van der Waals surface area contributed by atoms with E-state index in [0.29, 0.717) is 12.3 Å². The third kappa shape index (κ3) is 5.08. The van der Waals surface area contributed by atoms with Gasteiger partial charge in [0.05, 0.1) is 18.0 Å². The van der Waals surface area contributed by atoms with Gasteiger partial charge in [0, 0.05) is 6.54 Å². The molecule has 0 unspecified atom stereocenters. The van der Waals surface area contributed by atoms with Crippen LogP contribution in [0.15, 0.2) is 22.7 Å². The predicted molar refractivity (Wildman–Crippen MR) is 76.9 cm³/mol. The molecule has 1 aromatic carbocycles. The molecule has 100 valence electrons. The highest BCUT2D eigenvalue weighted by Crippen LogP contribution is 2.25. The van der Waals surface area contributed by atoms with Crippen LogP contribution in [0.1, 0.15) is 25.8 Å². The van der Waals surface area contributed by atoms with Gasteiger partial charge >= 0.3 is 0 Å². The molecule has 0 aliphatic heterocycles. The van der Waals surface area contributed by atoms with E-state index in [9.17, 15) is 4.79 Å². The van der Waals surface area contributed by atoms with Gasteiger partial charge in [0.2, 0.25) is 5.91 Å². The van der Waals surface area contributed by atoms with E-state index in [1.165, 1.54) is 0 Å². The Balaban J connectivity index is 2.47. The lowest BCUT2D eigenvalue weighted by Crippen LogP contribution is -2.26. The molecule has 0 aliphatic rings. The maximum absolute atomic E-state index is 11.7. The van der Waals surface area contributed by atoms with Crippen molar-refractivity contribution in [2.75, 3.05) is 13.7 Å². The van der Waals surface area contributed by atoms with E-state index in [2.05, 4.69) is 35.1 Å². The number of benzene rings is 1. The Labute approximate surface area is 117 Å². The first-order valence-corrected chi connectivity index (χ1v) is 6.91. The Kier molecular flexibility index (Phi) is 6.19. The maximum Gasteiger partial charge on any atom is 0.224 e. The number of ether oxygens (including phenoxy) is 1. The number of hydrogen-bond donors (Lipinski definition) is 1. The average Bonchev–Trinajstić information content (AvgIpc) is 2.28. The lowest BCUT2D eigenvalue weighted by Gasteiger charge is -2.08. The van der Waals surface area contributed by atoms with E-state index >= 15 is 0 Å². The number of amides is 1. The molecule has 3 nitrogen and oxygen atoms in total. The Morgan fingerprint density at radius 1 is 1.44 bits per heavy atom. The van der Waals surface area contributed by atoms with Gasteiger partial charge in [0.25, 0.3) is 0 Å². The van der Waals surface area contributed by atoms with Crippen LogP contribution in [0.3, 0.4) is 0 Å². The summed E-state index contributed by atoms with van der Waals surface area (Å²) in [5.74, 6) is 1.45. The first kappa shape index (κ1) is 15.0. The minimum Gasteiger partial charge on any atom is -0.496 e. The second-order valence-electron chi connectivity index (χ2n) is 4.68. The molecule has 0 spiro atoms. The van der Waals surface area contributed by atoms with Gasteiger partial charge in [-0.15, -0.1) is 0 Å². The summed E-state index contributed by atoms with van der Waals surface area (Å²) in [7, 11) is 1.62. The fourth-order valence-corrected chi connectivity index (χ4v) is 2.16. The van der Waals surface area contributed by atoms with Gasteiger partial charge < -0.3 is 10.1 Å². The number of halogens is 1. The van der Waals surface area contributed by atoms with Crippen molar-refractivity contribution in [2.24, 2.45) is 5.92 Å². The van der Waals surface area contributed by atoms with Gasteiger partial charge in [-0.3, -0.25) is 4.79 Å². The standard InChI is InChI=1S/C14H20BrNO2/c1-10(2)6-7-16-14(17)9-11-4-5-13(18-3)12(15)8-11/h4-5,8,10H,6-7,9H2,1-3H3,(H,16,17). The molecule has 0 atom stereocenters. The number of methoxy groups -OCH3 is 1.